The first-order valence-corrected chi connectivity index (χ1v) is 4.32. The van der Waals surface area contributed by atoms with E-state index in [1.165, 1.54) is 0 Å². The minimum absolute atomic E-state index is 0.0893. The van der Waals surface area contributed by atoms with Crippen molar-refractivity contribution in [2.45, 2.75) is 6.92 Å². The molecule has 0 aliphatic heterocycles. The van der Waals surface area contributed by atoms with E-state index < -0.39 is 0 Å². The van der Waals surface area contributed by atoms with Crippen molar-refractivity contribution in [2.75, 3.05) is 33.4 Å². The SMILES string of the molecule is C=C(C)C(=O)NCCNCCOC. The molecule has 0 atom stereocenters. The fourth-order valence-corrected chi connectivity index (χ4v) is 0.715. The van der Waals surface area contributed by atoms with Gasteiger partial charge in [-0.3, -0.25) is 4.79 Å². The number of ether oxygens (including phenoxy) is 1. The van der Waals surface area contributed by atoms with Crippen molar-refractivity contribution in [3.05, 3.63) is 12.2 Å². The van der Waals surface area contributed by atoms with Crippen LogP contribution in [0.2, 0.25) is 0 Å². The first-order chi connectivity index (χ1) is 6.18. The molecular formula is C9H18N2O2. The number of carbonyl (C=O) groups excluding carboxylic acids is 1. The molecule has 0 spiro atoms. The van der Waals surface area contributed by atoms with Gasteiger partial charge in [0.2, 0.25) is 5.91 Å². The highest BCUT2D eigenvalue weighted by molar-refractivity contribution is 5.92. The summed E-state index contributed by atoms with van der Waals surface area (Å²) in [7, 11) is 1.66. The van der Waals surface area contributed by atoms with Crippen LogP contribution in [-0.4, -0.2) is 39.3 Å². The third kappa shape index (κ3) is 7.49. The zero-order valence-corrected chi connectivity index (χ0v) is 8.35. The smallest absolute Gasteiger partial charge is 0.246 e. The maximum atomic E-state index is 11.0. The highest BCUT2D eigenvalue weighted by Crippen LogP contribution is 1.83. The van der Waals surface area contributed by atoms with Crippen LogP contribution < -0.4 is 10.6 Å². The summed E-state index contributed by atoms with van der Waals surface area (Å²) in [6.07, 6.45) is 0. The highest BCUT2D eigenvalue weighted by atomic mass is 16.5. The van der Waals surface area contributed by atoms with Crippen LogP contribution in [0.15, 0.2) is 12.2 Å². The third-order valence-corrected chi connectivity index (χ3v) is 1.46. The van der Waals surface area contributed by atoms with Crippen LogP contribution in [0.4, 0.5) is 0 Å². The van der Waals surface area contributed by atoms with E-state index in [4.69, 9.17) is 4.74 Å². The van der Waals surface area contributed by atoms with Crippen molar-refractivity contribution in [2.24, 2.45) is 0 Å². The fraction of sp³-hybridized carbons (Fsp3) is 0.667. The lowest BCUT2D eigenvalue weighted by Crippen LogP contribution is -2.33. The van der Waals surface area contributed by atoms with E-state index in [0.29, 0.717) is 18.7 Å². The van der Waals surface area contributed by atoms with Crippen LogP contribution in [0.5, 0.6) is 0 Å². The van der Waals surface area contributed by atoms with Crippen LogP contribution in [0.1, 0.15) is 6.92 Å². The average molecular weight is 186 g/mol. The number of amides is 1. The van der Waals surface area contributed by atoms with E-state index in [1.807, 2.05) is 0 Å². The molecule has 0 aromatic heterocycles. The second-order valence-electron chi connectivity index (χ2n) is 2.78. The summed E-state index contributed by atoms with van der Waals surface area (Å²) in [6.45, 7) is 8.09. The van der Waals surface area contributed by atoms with Gasteiger partial charge < -0.3 is 15.4 Å². The lowest BCUT2D eigenvalue weighted by atomic mass is 10.3. The summed E-state index contributed by atoms with van der Waals surface area (Å²) in [5.41, 5.74) is 0.539. The van der Waals surface area contributed by atoms with Crippen molar-refractivity contribution in [3.63, 3.8) is 0 Å². The maximum absolute atomic E-state index is 11.0. The monoisotopic (exact) mass is 186 g/mol. The van der Waals surface area contributed by atoms with E-state index in [9.17, 15) is 4.79 Å². The number of hydrogen-bond acceptors (Lipinski definition) is 3. The Labute approximate surface area is 79.3 Å². The lowest BCUT2D eigenvalue weighted by Gasteiger charge is -2.05. The fourth-order valence-electron chi connectivity index (χ4n) is 0.715. The minimum Gasteiger partial charge on any atom is -0.383 e. The first kappa shape index (κ1) is 12.1. The zero-order valence-electron chi connectivity index (χ0n) is 8.35. The molecule has 0 rings (SSSR count). The highest BCUT2D eigenvalue weighted by Gasteiger charge is 1.98. The maximum Gasteiger partial charge on any atom is 0.246 e. The second kappa shape index (κ2) is 7.76. The molecule has 76 valence electrons. The normalized spacial score (nSPS) is 9.69. The van der Waals surface area contributed by atoms with Gasteiger partial charge >= 0.3 is 0 Å². The lowest BCUT2D eigenvalue weighted by molar-refractivity contribution is -0.117. The number of hydrogen-bond donors (Lipinski definition) is 2. The molecule has 0 aliphatic carbocycles. The average Bonchev–Trinajstić information content (AvgIpc) is 2.10. The summed E-state index contributed by atoms with van der Waals surface area (Å²) >= 11 is 0. The van der Waals surface area contributed by atoms with Crippen molar-refractivity contribution >= 4 is 5.91 Å². The molecule has 0 aromatic carbocycles. The van der Waals surface area contributed by atoms with Crippen molar-refractivity contribution in [3.8, 4) is 0 Å². The van der Waals surface area contributed by atoms with E-state index in [0.717, 1.165) is 13.1 Å². The number of carbonyl (C=O) groups is 1. The quantitative estimate of drug-likeness (QED) is 0.432. The third-order valence-electron chi connectivity index (χ3n) is 1.46. The topological polar surface area (TPSA) is 50.4 Å². The minimum atomic E-state index is -0.0893. The van der Waals surface area contributed by atoms with E-state index in [2.05, 4.69) is 17.2 Å². The molecule has 0 heterocycles. The number of nitrogens with one attached hydrogen (secondary N) is 2. The molecule has 2 N–H and O–H groups in total. The zero-order chi connectivity index (χ0) is 10.1. The molecule has 0 aliphatic rings. The van der Waals surface area contributed by atoms with Gasteiger partial charge in [-0.1, -0.05) is 6.58 Å². The van der Waals surface area contributed by atoms with Gasteiger partial charge in [-0.15, -0.1) is 0 Å². The van der Waals surface area contributed by atoms with Gasteiger partial charge in [-0.2, -0.15) is 0 Å². The van der Waals surface area contributed by atoms with Gasteiger partial charge in [0.15, 0.2) is 0 Å². The molecule has 0 saturated heterocycles. The summed E-state index contributed by atoms with van der Waals surface area (Å²) in [5.74, 6) is -0.0893. The second-order valence-corrected chi connectivity index (χ2v) is 2.78. The van der Waals surface area contributed by atoms with Crippen molar-refractivity contribution in [1.29, 1.82) is 0 Å². The predicted octanol–water partition coefficient (Wildman–Crippen LogP) is -0.0853. The van der Waals surface area contributed by atoms with Crippen molar-refractivity contribution < 1.29 is 9.53 Å². The summed E-state index contributed by atoms with van der Waals surface area (Å²) < 4.78 is 4.84. The Balaban J connectivity index is 3.16. The molecule has 13 heavy (non-hydrogen) atoms. The summed E-state index contributed by atoms with van der Waals surface area (Å²) in [4.78, 5) is 11.0. The van der Waals surface area contributed by atoms with Gasteiger partial charge in [-0.05, 0) is 6.92 Å². The van der Waals surface area contributed by atoms with Gasteiger partial charge in [0.05, 0.1) is 6.61 Å². The van der Waals surface area contributed by atoms with Crippen LogP contribution in [0.25, 0.3) is 0 Å². The molecular weight excluding hydrogens is 168 g/mol. The Bertz CT molecular complexity index is 169. The Morgan fingerprint density at radius 3 is 2.62 bits per heavy atom. The first-order valence-electron chi connectivity index (χ1n) is 4.32. The van der Waals surface area contributed by atoms with Crippen LogP contribution in [0.3, 0.4) is 0 Å². The largest absolute Gasteiger partial charge is 0.383 e. The standard InChI is InChI=1S/C9H18N2O2/c1-8(2)9(12)11-5-4-10-6-7-13-3/h10H,1,4-7H2,2-3H3,(H,11,12). The Morgan fingerprint density at radius 2 is 2.08 bits per heavy atom. The molecule has 0 aromatic rings. The summed E-state index contributed by atoms with van der Waals surface area (Å²) in [6, 6.07) is 0. The Hall–Kier alpha value is -0.870. The molecule has 1 amide bonds. The van der Waals surface area contributed by atoms with Gasteiger partial charge in [0.25, 0.3) is 0 Å². The Morgan fingerprint density at radius 1 is 1.38 bits per heavy atom. The van der Waals surface area contributed by atoms with Gasteiger partial charge in [0.1, 0.15) is 0 Å². The van der Waals surface area contributed by atoms with Gasteiger partial charge in [-0.25, -0.2) is 0 Å². The molecule has 0 saturated carbocycles. The van der Waals surface area contributed by atoms with E-state index >= 15 is 0 Å². The number of rotatable bonds is 7. The van der Waals surface area contributed by atoms with E-state index in [-0.39, 0.29) is 5.91 Å². The van der Waals surface area contributed by atoms with Crippen LogP contribution in [-0.2, 0) is 9.53 Å². The van der Waals surface area contributed by atoms with Crippen LogP contribution >= 0.6 is 0 Å². The van der Waals surface area contributed by atoms with Crippen molar-refractivity contribution in [1.82, 2.24) is 10.6 Å². The molecule has 4 nitrogen and oxygen atoms in total. The molecule has 0 fully saturated rings. The molecule has 0 radical (unpaired) electrons. The predicted molar refractivity (Wildman–Crippen MR) is 52.6 cm³/mol. The number of methoxy groups -OCH3 is 1. The molecule has 4 heteroatoms. The van der Waals surface area contributed by atoms with Gasteiger partial charge in [0, 0.05) is 32.3 Å². The summed E-state index contributed by atoms with van der Waals surface area (Å²) in [5, 5.41) is 5.83. The Kier molecular flexibility index (Phi) is 7.24. The molecule has 0 bridgehead atoms. The molecule has 0 unspecified atom stereocenters. The van der Waals surface area contributed by atoms with Crippen LogP contribution in [0, 0.1) is 0 Å². The van der Waals surface area contributed by atoms with E-state index in [1.54, 1.807) is 14.0 Å².